The highest BCUT2D eigenvalue weighted by Gasteiger charge is 2.41. The molecule has 2 fully saturated rings. The summed E-state index contributed by atoms with van der Waals surface area (Å²) in [4.78, 5) is 6.40. The molecular weight excluding hydrogens is 305 g/mol. The molecule has 2 aliphatic rings. The number of aromatic nitrogens is 1. The van der Waals surface area contributed by atoms with Crippen molar-refractivity contribution in [3.63, 3.8) is 0 Å². The van der Waals surface area contributed by atoms with Crippen LogP contribution < -0.4 is 4.90 Å². The predicted molar refractivity (Wildman–Crippen MR) is 81.3 cm³/mol. The van der Waals surface area contributed by atoms with E-state index in [1.807, 2.05) is 6.07 Å². The molecule has 1 aromatic carbocycles. The van der Waals surface area contributed by atoms with Gasteiger partial charge in [-0.05, 0) is 43.9 Å². The third-order valence-corrected chi connectivity index (χ3v) is 5.03. The molecule has 3 nitrogen and oxygen atoms in total. The maximum atomic E-state index is 12.9. The van der Waals surface area contributed by atoms with Crippen LogP contribution >= 0.6 is 0 Å². The molecule has 0 aliphatic carbocycles. The smallest absolute Gasteiger partial charge is 0.393 e. The van der Waals surface area contributed by atoms with E-state index in [-0.39, 0.29) is 18.2 Å². The number of hydrogen-bond acceptors (Lipinski definition) is 3. The fourth-order valence-electron chi connectivity index (χ4n) is 4.08. The molecule has 4 rings (SSSR count). The Balaban J connectivity index is 1.79. The van der Waals surface area contributed by atoms with Crippen LogP contribution in [0.2, 0.25) is 0 Å². The van der Waals surface area contributed by atoms with Crippen molar-refractivity contribution >= 4 is 16.6 Å². The first-order valence-electron chi connectivity index (χ1n) is 7.86. The zero-order valence-electron chi connectivity index (χ0n) is 12.4. The molecule has 2 bridgehead atoms. The number of piperidine rings is 1. The Kier molecular flexibility index (Phi) is 3.27. The summed E-state index contributed by atoms with van der Waals surface area (Å²) in [6, 6.07) is 6.14. The summed E-state index contributed by atoms with van der Waals surface area (Å²) in [5, 5.41) is 10.7. The zero-order valence-corrected chi connectivity index (χ0v) is 12.4. The van der Waals surface area contributed by atoms with Crippen molar-refractivity contribution in [2.24, 2.45) is 0 Å². The second kappa shape index (κ2) is 5.09. The van der Waals surface area contributed by atoms with Crippen molar-refractivity contribution in [3.8, 4) is 0 Å². The van der Waals surface area contributed by atoms with Gasteiger partial charge in [0.2, 0.25) is 0 Å². The van der Waals surface area contributed by atoms with E-state index in [4.69, 9.17) is 0 Å². The fraction of sp³-hybridized carbons (Fsp3) is 0.471. The van der Waals surface area contributed by atoms with E-state index < -0.39 is 11.7 Å². The second-order valence-electron chi connectivity index (χ2n) is 6.48. The van der Waals surface area contributed by atoms with Crippen molar-refractivity contribution in [3.05, 3.63) is 36.0 Å². The average Bonchev–Trinajstić information content (AvgIpc) is 2.76. The zero-order chi connectivity index (χ0) is 16.2. The lowest BCUT2D eigenvalue weighted by Crippen LogP contribution is -2.44. The molecule has 2 atom stereocenters. The molecular formula is C17H17F3N2O. The molecule has 6 heteroatoms. The van der Waals surface area contributed by atoms with Crippen LogP contribution in [0.25, 0.3) is 10.9 Å². The highest BCUT2D eigenvalue weighted by Crippen LogP contribution is 2.42. The Hall–Kier alpha value is -1.82. The minimum Gasteiger partial charge on any atom is -0.393 e. The Labute approximate surface area is 131 Å². The number of nitrogens with zero attached hydrogens (tertiary/aromatic N) is 2. The van der Waals surface area contributed by atoms with Gasteiger partial charge in [-0.25, -0.2) is 0 Å². The van der Waals surface area contributed by atoms with Gasteiger partial charge < -0.3 is 10.0 Å². The van der Waals surface area contributed by atoms with Crippen LogP contribution in [0.3, 0.4) is 0 Å². The van der Waals surface area contributed by atoms with Gasteiger partial charge >= 0.3 is 6.18 Å². The molecule has 1 aromatic heterocycles. The fourth-order valence-corrected chi connectivity index (χ4v) is 4.08. The molecule has 3 heterocycles. The topological polar surface area (TPSA) is 36.4 Å². The molecule has 2 unspecified atom stereocenters. The molecule has 1 N–H and O–H groups in total. The number of hydrogen-bond donors (Lipinski definition) is 1. The van der Waals surface area contributed by atoms with Gasteiger partial charge in [0, 0.05) is 29.4 Å². The number of aliphatic hydroxyl groups is 1. The van der Waals surface area contributed by atoms with Crippen molar-refractivity contribution in [2.75, 3.05) is 4.90 Å². The van der Waals surface area contributed by atoms with Crippen LogP contribution in [0.5, 0.6) is 0 Å². The molecule has 0 amide bonds. The lowest BCUT2D eigenvalue weighted by atomic mass is 9.98. The second-order valence-corrected chi connectivity index (χ2v) is 6.48. The molecule has 0 spiro atoms. The van der Waals surface area contributed by atoms with Crippen LogP contribution in [-0.2, 0) is 6.18 Å². The SMILES string of the molecule is OC1CC2CCC(C1)N2c1ccnc2cc(C(F)(F)F)ccc12. The van der Waals surface area contributed by atoms with E-state index in [1.54, 1.807) is 6.20 Å². The summed E-state index contributed by atoms with van der Waals surface area (Å²) in [6.07, 6.45) is 0.427. The third-order valence-electron chi connectivity index (χ3n) is 5.03. The van der Waals surface area contributed by atoms with Gasteiger partial charge in [0.05, 0.1) is 17.2 Å². The van der Waals surface area contributed by atoms with Gasteiger partial charge in [-0.1, -0.05) is 6.07 Å². The van der Waals surface area contributed by atoms with Crippen molar-refractivity contribution in [1.82, 2.24) is 4.98 Å². The van der Waals surface area contributed by atoms with Gasteiger partial charge in [0.15, 0.2) is 0 Å². The third kappa shape index (κ3) is 2.45. The maximum Gasteiger partial charge on any atom is 0.416 e. The first-order chi connectivity index (χ1) is 10.9. The molecule has 2 aliphatic heterocycles. The number of pyridine rings is 1. The van der Waals surface area contributed by atoms with Crippen molar-refractivity contribution in [1.29, 1.82) is 0 Å². The molecule has 2 saturated heterocycles. The van der Waals surface area contributed by atoms with Gasteiger partial charge in [-0.15, -0.1) is 0 Å². The largest absolute Gasteiger partial charge is 0.416 e. The number of aliphatic hydroxyl groups excluding tert-OH is 1. The van der Waals surface area contributed by atoms with Crippen molar-refractivity contribution in [2.45, 2.75) is 50.0 Å². The molecule has 0 radical (unpaired) electrons. The number of fused-ring (bicyclic) bond motifs is 3. The van der Waals surface area contributed by atoms with Crippen LogP contribution in [0.4, 0.5) is 18.9 Å². The normalized spacial score (nSPS) is 27.7. The van der Waals surface area contributed by atoms with Gasteiger partial charge in [-0.2, -0.15) is 13.2 Å². The van der Waals surface area contributed by atoms with E-state index in [2.05, 4.69) is 9.88 Å². The van der Waals surface area contributed by atoms with E-state index in [1.165, 1.54) is 6.07 Å². The highest BCUT2D eigenvalue weighted by molar-refractivity contribution is 5.92. The van der Waals surface area contributed by atoms with Crippen molar-refractivity contribution < 1.29 is 18.3 Å². The average molecular weight is 322 g/mol. The summed E-state index contributed by atoms with van der Waals surface area (Å²) in [5.41, 5.74) is 0.623. The quantitative estimate of drug-likeness (QED) is 0.869. The molecule has 0 saturated carbocycles. The Bertz CT molecular complexity index is 732. The van der Waals surface area contributed by atoms with E-state index in [0.29, 0.717) is 5.52 Å². The summed E-state index contributed by atoms with van der Waals surface area (Å²) in [6.45, 7) is 0. The predicted octanol–water partition coefficient (Wildman–Crippen LogP) is 3.75. The van der Waals surface area contributed by atoms with Gasteiger partial charge in [-0.3, -0.25) is 4.98 Å². The van der Waals surface area contributed by atoms with Crippen LogP contribution in [-0.4, -0.2) is 28.3 Å². The maximum absolute atomic E-state index is 12.9. The van der Waals surface area contributed by atoms with Crippen LogP contribution in [0, 0.1) is 0 Å². The Morgan fingerprint density at radius 2 is 1.78 bits per heavy atom. The van der Waals surface area contributed by atoms with E-state index in [0.717, 1.165) is 48.9 Å². The Morgan fingerprint density at radius 3 is 2.43 bits per heavy atom. The number of alkyl halides is 3. The van der Waals surface area contributed by atoms with Gasteiger partial charge in [0.25, 0.3) is 0 Å². The van der Waals surface area contributed by atoms with E-state index in [9.17, 15) is 18.3 Å². The monoisotopic (exact) mass is 322 g/mol. The van der Waals surface area contributed by atoms with E-state index >= 15 is 0 Å². The lowest BCUT2D eigenvalue weighted by Gasteiger charge is -2.39. The first-order valence-corrected chi connectivity index (χ1v) is 7.86. The summed E-state index contributed by atoms with van der Waals surface area (Å²) in [5.74, 6) is 0. The minimum absolute atomic E-state index is 0.261. The van der Waals surface area contributed by atoms with Crippen LogP contribution in [0.15, 0.2) is 30.5 Å². The first kappa shape index (κ1) is 14.8. The standard InChI is InChI=1S/C17H17F3N2O/c18-17(19,20)10-1-4-14-15(7-10)21-6-5-16(14)22-11-2-3-12(22)9-13(23)8-11/h1,4-7,11-13,23H,2-3,8-9H2. The summed E-state index contributed by atoms with van der Waals surface area (Å²) in [7, 11) is 0. The molecule has 23 heavy (non-hydrogen) atoms. The highest BCUT2D eigenvalue weighted by atomic mass is 19.4. The number of rotatable bonds is 1. The minimum atomic E-state index is -4.36. The number of halogens is 3. The summed E-state index contributed by atoms with van der Waals surface area (Å²) >= 11 is 0. The number of benzene rings is 1. The summed E-state index contributed by atoms with van der Waals surface area (Å²) < 4.78 is 38.6. The lowest BCUT2D eigenvalue weighted by molar-refractivity contribution is -0.137. The molecule has 2 aromatic rings. The Morgan fingerprint density at radius 1 is 1.09 bits per heavy atom. The van der Waals surface area contributed by atoms with Gasteiger partial charge in [0.1, 0.15) is 0 Å². The number of anilines is 1. The molecule has 122 valence electrons. The van der Waals surface area contributed by atoms with Crippen LogP contribution in [0.1, 0.15) is 31.2 Å².